The summed E-state index contributed by atoms with van der Waals surface area (Å²) in [5.74, 6) is 0.560. The zero-order chi connectivity index (χ0) is 19.1. The Hall–Kier alpha value is -2.93. The van der Waals surface area contributed by atoms with Crippen LogP contribution in [0.1, 0.15) is 30.9 Å². The molecule has 0 bridgehead atoms. The molecular weight excluding hydrogens is 358 g/mol. The monoisotopic (exact) mass is 375 g/mol. The van der Waals surface area contributed by atoms with E-state index in [9.17, 15) is 14.9 Å². The fraction of sp³-hybridized carbons (Fsp3) is 0.222. The fourth-order valence-electron chi connectivity index (χ4n) is 2.06. The molecule has 0 radical (unpaired) electrons. The van der Waals surface area contributed by atoms with E-state index < -0.39 is 10.8 Å². The van der Waals surface area contributed by atoms with Crippen LogP contribution in [0, 0.1) is 10.1 Å². The van der Waals surface area contributed by atoms with Crippen molar-refractivity contribution in [1.29, 1.82) is 0 Å². The minimum Gasteiger partial charge on any atom is -0.484 e. The number of nitro benzene ring substituents is 1. The molecule has 2 rings (SSSR count). The number of nitrogens with one attached hydrogen (secondary N) is 1. The quantitative estimate of drug-likeness (QED) is 0.451. The van der Waals surface area contributed by atoms with Crippen LogP contribution < -0.4 is 10.2 Å². The molecule has 0 saturated heterocycles. The van der Waals surface area contributed by atoms with E-state index in [1.807, 2.05) is 12.1 Å². The summed E-state index contributed by atoms with van der Waals surface area (Å²) in [7, 11) is 0. The third-order valence-electron chi connectivity index (χ3n) is 3.49. The van der Waals surface area contributed by atoms with Crippen LogP contribution in [0.2, 0.25) is 5.02 Å². The number of hydrogen-bond acceptors (Lipinski definition) is 5. The van der Waals surface area contributed by atoms with Gasteiger partial charge in [-0.3, -0.25) is 14.9 Å². The van der Waals surface area contributed by atoms with E-state index in [0.717, 1.165) is 0 Å². The molecule has 26 heavy (non-hydrogen) atoms. The van der Waals surface area contributed by atoms with Crippen LogP contribution in [0.15, 0.2) is 47.6 Å². The average Bonchev–Trinajstić information content (AvgIpc) is 2.61. The molecule has 0 aliphatic heterocycles. The first kappa shape index (κ1) is 19.4. The molecule has 8 heteroatoms. The predicted molar refractivity (Wildman–Crippen MR) is 99.9 cm³/mol. The molecule has 0 spiro atoms. The Morgan fingerprint density at radius 3 is 2.62 bits per heavy atom. The summed E-state index contributed by atoms with van der Waals surface area (Å²) >= 11 is 5.73. The minimum absolute atomic E-state index is 0.0353. The lowest BCUT2D eigenvalue weighted by atomic mass is 10.0. The van der Waals surface area contributed by atoms with Crippen molar-refractivity contribution in [3.63, 3.8) is 0 Å². The van der Waals surface area contributed by atoms with Crippen LogP contribution in [0.4, 0.5) is 5.69 Å². The van der Waals surface area contributed by atoms with Crippen molar-refractivity contribution in [1.82, 2.24) is 5.43 Å². The third-order valence-corrected chi connectivity index (χ3v) is 3.81. The molecule has 0 atom stereocenters. The Morgan fingerprint density at radius 2 is 2.00 bits per heavy atom. The number of nitro groups is 1. The standard InChI is InChI=1S/C18H18ClN3O4/c1-12(2)14-4-6-15(7-5-14)26-11-18(23)21-20-10-13-3-8-16(19)17(9-13)22(24)25/h3-10,12H,11H2,1-2H3,(H,21,23). The normalized spacial score (nSPS) is 10.9. The van der Waals surface area contributed by atoms with Gasteiger partial charge in [-0.25, -0.2) is 5.43 Å². The highest BCUT2D eigenvalue weighted by Crippen LogP contribution is 2.24. The van der Waals surface area contributed by atoms with Gasteiger partial charge >= 0.3 is 0 Å². The number of amides is 1. The fourth-order valence-corrected chi connectivity index (χ4v) is 2.25. The summed E-state index contributed by atoms with van der Waals surface area (Å²) in [5.41, 5.74) is 3.69. The lowest BCUT2D eigenvalue weighted by Crippen LogP contribution is -2.24. The van der Waals surface area contributed by atoms with Gasteiger partial charge in [0.15, 0.2) is 6.61 Å². The molecule has 2 aromatic carbocycles. The van der Waals surface area contributed by atoms with Gasteiger partial charge in [-0.15, -0.1) is 0 Å². The lowest BCUT2D eigenvalue weighted by Gasteiger charge is -2.08. The van der Waals surface area contributed by atoms with Gasteiger partial charge in [0.25, 0.3) is 11.6 Å². The van der Waals surface area contributed by atoms with Crippen molar-refractivity contribution < 1.29 is 14.5 Å². The summed E-state index contributed by atoms with van der Waals surface area (Å²) < 4.78 is 5.38. The van der Waals surface area contributed by atoms with E-state index in [2.05, 4.69) is 24.4 Å². The van der Waals surface area contributed by atoms with Gasteiger partial charge in [-0.1, -0.05) is 43.6 Å². The Morgan fingerprint density at radius 1 is 1.31 bits per heavy atom. The number of ether oxygens (including phenoxy) is 1. The van der Waals surface area contributed by atoms with Crippen molar-refractivity contribution in [2.75, 3.05) is 6.61 Å². The minimum atomic E-state index is -0.587. The average molecular weight is 376 g/mol. The first-order valence-corrected chi connectivity index (χ1v) is 8.23. The molecule has 1 N–H and O–H groups in total. The maximum absolute atomic E-state index is 11.7. The van der Waals surface area contributed by atoms with E-state index in [0.29, 0.717) is 17.2 Å². The van der Waals surface area contributed by atoms with Crippen LogP contribution in [0.5, 0.6) is 5.75 Å². The molecular formula is C18H18ClN3O4. The van der Waals surface area contributed by atoms with Crippen LogP contribution in [0.25, 0.3) is 0 Å². The largest absolute Gasteiger partial charge is 0.484 e. The van der Waals surface area contributed by atoms with Crippen molar-refractivity contribution in [3.05, 3.63) is 68.7 Å². The Kier molecular flexibility index (Phi) is 6.68. The first-order valence-electron chi connectivity index (χ1n) is 7.85. The van der Waals surface area contributed by atoms with Crippen LogP contribution in [-0.4, -0.2) is 23.7 Å². The molecule has 0 aliphatic rings. The van der Waals surface area contributed by atoms with E-state index in [1.165, 1.54) is 23.9 Å². The first-order chi connectivity index (χ1) is 12.4. The molecule has 0 unspecified atom stereocenters. The molecule has 0 fully saturated rings. The molecule has 0 saturated carbocycles. The van der Waals surface area contributed by atoms with E-state index in [-0.39, 0.29) is 17.3 Å². The summed E-state index contributed by atoms with van der Waals surface area (Å²) in [4.78, 5) is 22.0. The van der Waals surface area contributed by atoms with Gasteiger partial charge < -0.3 is 4.74 Å². The number of hydrogen-bond donors (Lipinski definition) is 1. The number of rotatable bonds is 7. The summed E-state index contributed by atoms with van der Waals surface area (Å²) in [5, 5.41) is 14.6. The van der Waals surface area contributed by atoms with Gasteiger partial charge in [0.2, 0.25) is 0 Å². The van der Waals surface area contributed by atoms with Crippen molar-refractivity contribution >= 4 is 29.4 Å². The van der Waals surface area contributed by atoms with E-state index in [4.69, 9.17) is 16.3 Å². The Balaban J connectivity index is 1.85. The van der Waals surface area contributed by atoms with Crippen LogP contribution in [0.3, 0.4) is 0 Å². The predicted octanol–water partition coefficient (Wildman–Crippen LogP) is 3.90. The number of benzene rings is 2. The topological polar surface area (TPSA) is 93.8 Å². The van der Waals surface area contributed by atoms with E-state index in [1.54, 1.807) is 18.2 Å². The SMILES string of the molecule is CC(C)c1ccc(OCC(=O)NN=Cc2ccc(Cl)c([N+](=O)[O-])c2)cc1. The second-order valence-electron chi connectivity index (χ2n) is 5.77. The van der Waals surface area contributed by atoms with Gasteiger partial charge in [0.1, 0.15) is 10.8 Å². The van der Waals surface area contributed by atoms with Gasteiger partial charge in [0.05, 0.1) is 11.1 Å². The highest BCUT2D eigenvalue weighted by atomic mass is 35.5. The van der Waals surface area contributed by atoms with Gasteiger partial charge in [-0.05, 0) is 29.7 Å². The molecule has 1 amide bonds. The summed E-state index contributed by atoms with van der Waals surface area (Å²) in [6.07, 6.45) is 1.29. The Bertz CT molecular complexity index is 820. The molecule has 7 nitrogen and oxygen atoms in total. The number of hydrazone groups is 1. The maximum Gasteiger partial charge on any atom is 0.288 e. The number of carbonyl (C=O) groups is 1. The van der Waals surface area contributed by atoms with Crippen molar-refractivity contribution in [2.24, 2.45) is 5.10 Å². The molecule has 0 heterocycles. The zero-order valence-corrected chi connectivity index (χ0v) is 15.1. The van der Waals surface area contributed by atoms with Gasteiger partial charge in [0, 0.05) is 11.6 Å². The van der Waals surface area contributed by atoms with Crippen LogP contribution >= 0.6 is 11.6 Å². The molecule has 136 valence electrons. The molecule has 0 aliphatic carbocycles. The maximum atomic E-state index is 11.7. The number of halogens is 1. The van der Waals surface area contributed by atoms with Crippen molar-refractivity contribution in [2.45, 2.75) is 19.8 Å². The Labute approximate surface area is 155 Å². The lowest BCUT2D eigenvalue weighted by molar-refractivity contribution is -0.384. The highest BCUT2D eigenvalue weighted by molar-refractivity contribution is 6.32. The second kappa shape index (κ2) is 8.96. The van der Waals surface area contributed by atoms with Crippen LogP contribution in [-0.2, 0) is 4.79 Å². The highest BCUT2D eigenvalue weighted by Gasteiger charge is 2.11. The molecule has 0 aromatic heterocycles. The third kappa shape index (κ3) is 5.56. The second-order valence-corrected chi connectivity index (χ2v) is 6.18. The van der Waals surface area contributed by atoms with E-state index >= 15 is 0 Å². The number of nitrogens with zero attached hydrogens (tertiary/aromatic N) is 2. The smallest absolute Gasteiger partial charge is 0.288 e. The summed E-state index contributed by atoms with van der Waals surface area (Å²) in [6.45, 7) is 3.99. The molecule has 2 aromatic rings. The number of carbonyl (C=O) groups excluding carboxylic acids is 1. The van der Waals surface area contributed by atoms with Gasteiger partial charge in [-0.2, -0.15) is 5.10 Å². The summed E-state index contributed by atoms with van der Waals surface area (Å²) in [6, 6.07) is 11.7. The zero-order valence-electron chi connectivity index (χ0n) is 14.3. The van der Waals surface area contributed by atoms with Crippen molar-refractivity contribution in [3.8, 4) is 5.75 Å².